The topological polar surface area (TPSA) is 49.9 Å². The van der Waals surface area contributed by atoms with Gasteiger partial charge in [0.15, 0.2) is 6.10 Å². The Morgan fingerprint density at radius 1 is 0.889 bits per heavy atom. The van der Waals surface area contributed by atoms with Crippen LogP contribution in [0.4, 0.5) is 11.4 Å². The van der Waals surface area contributed by atoms with Gasteiger partial charge in [0.1, 0.15) is 0 Å². The molecule has 2 aliphatic heterocycles. The Bertz CT molecular complexity index is 834. The van der Waals surface area contributed by atoms with Crippen LogP contribution in [0.15, 0.2) is 54.6 Å². The van der Waals surface area contributed by atoms with Crippen LogP contribution >= 0.6 is 0 Å². The molecule has 2 heterocycles. The zero-order chi connectivity index (χ0) is 19.0. The van der Waals surface area contributed by atoms with E-state index in [2.05, 4.69) is 13.8 Å². The number of anilines is 2. The molecular weight excluding hydrogens is 340 g/mol. The third-order valence-corrected chi connectivity index (χ3v) is 5.44. The average Bonchev–Trinajstić information content (AvgIpc) is 3.19. The lowest BCUT2D eigenvalue weighted by atomic mass is 9.93. The maximum Gasteiger partial charge on any atom is 0.266 e. The van der Waals surface area contributed by atoms with E-state index in [1.165, 1.54) is 10.5 Å². The van der Waals surface area contributed by atoms with Crippen LogP contribution in [0.3, 0.4) is 0 Å². The Labute approximate surface area is 159 Å². The third kappa shape index (κ3) is 2.92. The van der Waals surface area contributed by atoms with Gasteiger partial charge in [-0.3, -0.25) is 14.4 Å². The van der Waals surface area contributed by atoms with E-state index in [0.717, 1.165) is 24.9 Å². The minimum atomic E-state index is -0.750. The zero-order valence-corrected chi connectivity index (χ0v) is 15.7. The van der Waals surface area contributed by atoms with Crippen molar-refractivity contribution in [1.82, 2.24) is 0 Å². The van der Waals surface area contributed by atoms with E-state index in [1.54, 1.807) is 5.06 Å². The van der Waals surface area contributed by atoms with Gasteiger partial charge in [-0.25, -0.2) is 9.96 Å². The fourth-order valence-corrected chi connectivity index (χ4v) is 4.05. The van der Waals surface area contributed by atoms with Gasteiger partial charge in [-0.15, -0.1) is 0 Å². The number of nitrogens with zero attached hydrogens (tertiary/aromatic N) is 2. The van der Waals surface area contributed by atoms with E-state index in [9.17, 15) is 9.59 Å². The van der Waals surface area contributed by atoms with Crippen molar-refractivity contribution in [2.75, 3.05) is 9.96 Å². The second kappa shape index (κ2) is 7.16. The maximum atomic E-state index is 13.2. The maximum absolute atomic E-state index is 13.2. The zero-order valence-electron chi connectivity index (χ0n) is 15.7. The molecule has 140 valence electrons. The fourth-order valence-electron chi connectivity index (χ4n) is 4.05. The predicted molar refractivity (Wildman–Crippen MR) is 104 cm³/mol. The van der Waals surface area contributed by atoms with Crippen molar-refractivity contribution in [3.8, 4) is 0 Å². The Balaban J connectivity index is 1.65. The third-order valence-electron chi connectivity index (χ3n) is 5.44. The number of rotatable bonds is 5. The van der Waals surface area contributed by atoms with E-state index in [-0.39, 0.29) is 17.9 Å². The molecule has 2 aromatic rings. The van der Waals surface area contributed by atoms with Gasteiger partial charge in [0.2, 0.25) is 5.91 Å². The first kappa shape index (κ1) is 17.7. The van der Waals surface area contributed by atoms with Crippen molar-refractivity contribution >= 4 is 23.2 Å². The summed E-state index contributed by atoms with van der Waals surface area (Å²) in [5, 5.41) is 1.77. The summed E-state index contributed by atoms with van der Waals surface area (Å²) in [5.41, 5.74) is 2.68. The largest absolute Gasteiger partial charge is 0.273 e. The van der Waals surface area contributed by atoms with E-state index in [0.29, 0.717) is 5.69 Å². The molecule has 0 unspecified atom stereocenters. The molecule has 0 aromatic heterocycles. The molecule has 2 saturated heterocycles. The fraction of sp³-hybridized carbons (Fsp3) is 0.364. The number of hydroxylamine groups is 1. The quantitative estimate of drug-likeness (QED) is 0.759. The van der Waals surface area contributed by atoms with Crippen LogP contribution in [-0.2, 0) is 20.8 Å². The monoisotopic (exact) mass is 364 g/mol. The average molecular weight is 364 g/mol. The molecule has 2 aromatic carbocycles. The number of hydrogen-bond acceptors (Lipinski definition) is 4. The highest BCUT2D eigenvalue weighted by atomic mass is 16.7. The number of hydrogen-bond donors (Lipinski definition) is 0. The Kier molecular flexibility index (Phi) is 4.70. The van der Waals surface area contributed by atoms with E-state index in [4.69, 9.17) is 4.84 Å². The molecule has 4 rings (SSSR count). The lowest BCUT2D eigenvalue weighted by Gasteiger charge is -2.28. The SMILES string of the molecule is CCC[C@@H]1[C@@H]2C(=O)N(c3ccc(CC)cc3)C(=O)[C@@H]2ON1c1ccccc1. The van der Waals surface area contributed by atoms with Crippen molar-refractivity contribution in [2.45, 2.75) is 45.3 Å². The summed E-state index contributed by atoms with van der Waals surface area (Å²) in [4.78, 5) is 33.6. The first-order valence-electron chi connectivity index (χ1n) is 9.63. The lowest BCUT2D eigenvalue weighted by Crippen LogP contribution is -2.40. The van der Waals surface area contributed by atoms with E-state index < -0.39 is 12.0 Å². The molecule has 5 nitrogen and oxygen atoms in total. The second-order valence-electron chi connectivity index (χ2n) is 7.10. The first-order valence-corrected chi connectivity index (χ1v) is 9.63. The van der Waals surface area contributed by atoms with Crippen LogP contribution in [0.25, 0.3) is 0 Å². The number of amides is 2. The van der Waals surface area contributed by atoms with Gasteiger partial charge < -0.3 is 0 Å². The molecule has 0 saturated carbocycles. The Hall–Kier alpha value is -2.66. The minimum Gasteiger partial charge on any atom is -0.273 e. The summed E-state index contributed by atoms with van der Waals surface area (Å²) >= 11 is 0. The molecule has 27 heavy (non-hydrogen) atoms. The molecule has 0 aliphatic carbocycles. The molecule has 5 heteroatoms. The van der Waals surface area contributed by atoms with Gasteiger partial charge in [0, 0.05) is 0 Å². The Morgan fingerprint density at radius 2 is 1.59 bits per heavy atom. The van der Waals surface area contributed by atoms with Crippen LogP contribution in [-0.4, -0.2) is 24.0 Å². The number of carbonyl (C=O) groups excluding carboxylic acids is 2. The molecule has 0 spiro atoms. The summed E-state index contributed by atoms with van der Waals surface area (Å²) in [6, 6.07) is 17.2. The normalized spacial score (nSPS) is 24.6. The number of imide groups is 1. The molecule has 2 fully saturated rings. The summed E-state index contributed by atoms with van der Waals surface area (Å²) in [7, 11) is 0. The Morgan fingerprint density at radius 3 is 2.22 bits per heavy atom. The van der Waals surface area contributed by atoms with Gasteiger partial charge in [0.05, 0.1) is 23.3 Å². The molecule has 2 amide bonds. The van der Waals surface area contributed by atoms with Gasteiger partial charge in [-0.1, -0.05) is 50.6 Å². The standard InChI is InChI=1S/C22H24N2O3/c1-3-8-18-19-20(27-24(18)17-9-6-5-7-10-17)22(26)23(21(19)25)16-13-11-15(4-2)12-14-16/h5-7,9-14,18-20H,3-4,8H2,1-2H3/t18-,19+,20-/m1/s1. The summed E-state index contributed by atoms with van der Waals surface area (Å²) in [5.74, 6) is -0.900. The number of aryl methyl sites for hydroxylation is 1. The molecule has 3 atom stereocenters. The van der Waals surface area contributed by atoms with Crippen molar-refractivity contribution in [2.24, 2.45) is 5.92 Å². The molecule has 0 N–H and O–H groups in total. The van der Waals surface area contributed by atoms with Gasteiger partial charge in [0.25, 0.3) is 5.91 Å². The summed E-state index contributed by atoms with van der Waals surface area (Å²) < 4.78 is 0. The molecule has 0 bridgehead atoms. The highest BCUT2D eigenvalue weighted by Crippen LogP contribution is 2.41. The smallest absolute Gasteiger partial charge is 0.266 e. The molecule has 2 aliphatic rings. The lowest BCUT2D eigenvalue weighted by molar-refractivity contribution is -0.126. The van der Waals surface area contributed by atoms with Crippen molar-refractivity contribution in [3.05, 3.63) is 60.2 Å². The minimum absolute atomic E-state index is 0.140. The van der Waals surface area contributed by atoms with E-state index in [1.807, 2.05) is 54.6 Å². The van der Waals surface area contributed by atoms with Crippen molar-refractivity contribution < 1.29 is 14.4 Å². The number of para-hydroxylation sites is 1. The van der Waals surface area contributed by atoms with Crippen LogP contribution in [0.5, 0.6) is 0 Å². The predicted octanol–water partition coefficient (Wildman–Crippen LogP) is 3.73. The number of carbonyl (C=O) groups is 2. The first-order chi connectivity index (χ1) is 13.2. The van der Waals surface area contributed by atoms with Gasteiger partial charge in [-0.05, 0) is 42.7 Å². The van der Waals surface area contributed by atoms with Crippen molar-refractivity contribution in [3.63, 3.8) is 0 Å². The summed E-state index contributed by atoms with van der Waals surface area (Å²) in [6.07, 6.45) is 1.87. The molecule has 0 radical (unpaired) electrons. The molecular formula is C22H24N2O3. The van der Waals surface area contributed by atoms with Crippen LogP contribution in [0.2, 0.25) is 0 Å². The van der Waals surface area contributed by atoms with Crippen LogP contribution in [0, 0.1) is 5.92 Å². The van der Waals surface area contributed by atoms with Crippen LogP contribution in [0.1, 0.15) is 32.3 Å². The number of fused-ring (bicyclic) bond motifs is 1. The number of benzene rings is 2. The van der Waals surface area contributed by atoms with Crippen molar-refractivity contribution in [1.29, 1.82) is 0 Å². The highest BCUT2D eigenvalue weighted by Gasteiger charge is 2.59. The van der Waals surface area contributed by atoms with Gasteiger partial charge >= 0.3 is 0 Å². The summed E-state index contributed by atoms with van der Waals surface area (Å²) in [6.45, 7) is 4.16. The second-order valence-corrected chi connectivity index (χ2v) is 7.10. The van der Waals surface area contributed by atoms with E-state index >= 15 is 0 Å². The van der Waals surface area contributed by atoms with Gasteiger partial charge in [-0.2, -0.15) is 0 Å². The van der Waals surface area contributed by atoms with Crippen LogP contribution < -0.4 is 9.96 Å². The highest BCUT2D eigenvalue weighted by molar-refractivity contribution is 6.23.